The van der Waals surface area contributed by atoms with Crippen LogP contribution in [-0.2, 0) is 6.16 Å². The molecule has 4 rings (SSSR count). The lowest BCUT2D eigenvalue weighted by Gasteiger charge is -2.36. The second-order valence-electron chi connectivity index (χ2n) is 7.02. The summed E-state index contributed by atoms with van der Waals surface area (Å²) in [6.07, 6.45) is 2.48. The maximum atomic E-state index is 2.41. The summed E-state index contributed by atoms with van der Waals surface area (Å²) in [7, 11) is -1.41. The van der Waals surface area contributed by atoms with Gasteiger partial charge in [-0.3, -0.25) is 0 Å². The molecule has 0 amide bonds. The predicted octanol–water partition coefficient (Wildman–Crippen LogP) is 5.28. The zero-order valence-corrected chi connectivity index (χ0v) is 15.3. The molecule has 120 valence electrons. The fourth-order valence-electron chi connectivity index (χ4n) is 4.27. The standard InChI is InChI=1S/C23H24P/c1-18-10-9-15-22-19(2)16-24(17-23(18)22,20-11-5-3-6-12-20)21-13-7-4-8-14-21/h3-15,19H,16-17H2,1-2H3/q+1. The molecule has 0 spiro atoms. The number of benzene rings is 3. The molecule has 24 heavy (non-hydrogen) atoms. The van der Waals surface area contributed by atoms with Crippen LogP contribution in [-0.4, -0.2) is 6.16 Å². The fourth-order valence-corrected chi connectivity index (χ4v) is 9.08. The topological polar surface area (TPSA) is 0 Å². The highest BCUT2D eigenvalue weighted by Crippen LogP contribution is 2.64. The van der Waals surface area contributed by atoms with Crippen molar-refractivity contribution in [3.63, 3.8) is 0 Å². The third kappa shape index (κ3) is 2.50. The first kappa shape index (κ1) is 15.6. The van der Waals surface area contributed by atoms with Gasteiger partial charge in [-0.1, -0.05) is 61.5 Å². The van der Waals surface area contributed by atoms with Gasteiger partial charge in [-0.05, 0) is 47.9 Å². The van der Waals surface area contributed by atoms with Crippen LogP contribution >= 0.6 is 7.26 Å². The van der Waals surface area contributed by atoms with E-state index in [-0.39, 0.29) is 0 Å². The minimum Gasteiger partial charge on any atom is -0.0620 e. The van der Waals surface area contributed by atoms with Crippen LogP contribution in [0.2, 0.25) is 0 Å². The monoisotopic (exact) mass is 331 g/mol. The first-order valence-corrected chi connectivity index (χ1v) is 10.9. The average molecular weight is 331 g/mol. The minimum absolute atomic E-state index is 0.613. The molecule has 0 N–H and O–H groups in total. The summed E-state index contributed by atoms with van der Waals surface area (Å²) in [5.74, 6) is 0.613. The highest BCUT2D eigenvalue weighted by atomic mass is 31.2. The molecule has 1 heteroatoms. The average Bonchev–Trinajstić information content (AvgIpc) is 2.64. The maximum Gasteiger partial charge on any atom is 0.0995 e. The lowest BCUT2D eigenvalue weighted by molar-refractivity contribution is 0.837. The highest BCUT2D eigenvalue weighted by molar-refractivity contribution is 7.89. The van der Waals surface area contributed by atoms with Crippen LogP contribution in [0.15, 0.2) is 78.9 Å². The molecule has 3 aromatic carbocycles. The third-order valence-electron chi connectivity index (χ3n) is 5.49. The molecule has 0 radical (unpaired) electrons. The van der Waals surface area contributed by atoms with E-state index in [1.165, 1.54) is 17.9 Å². The van der Waals surface area contributed by atoms with Crippen LogP contribution < -0.4 is 10.6 Å². The summed E-state index contributed by atoms with van der Waals surface area (Å²) in [5, 5.41) is 3.11. The smallest absolute Gasteiger partial charge is 0.0620 e. The van der Waals surface area contributed by atoms with Crippen molar-refractivity contribution >= 4 is 17.9 Å². The molecule has 1 heterocycles. The van der Waals surface area contributed by atoms with E-state index < -0.39 is 7.26 Å². The lowest BCUT2D eigenvalue weighted by atomic mass is 9.94. The van der Waals surface area contributed by atoms with E-state index in [4.69, 9.17) is 0 Å². The van der Waals surface area contributed by atoms with Gasteiger partial charge in [0.15, 0.2) is 0 Å². The molecule has 1 atom stereocenters. The fraction of sp³-hybridized carbons (Fsp3) is 0.217. The van der Waals surface area contributed by atoms with Gasteiger partial charge >= 0.3 is 0 Å². The predicted molar refractivity (Wildman–Crippen MR) is 107 cm³/mol. The Hall–Kier alpha value is -1.91. The first-order valence-electron chi connectivity index (χ1n) is 8.77. The van der Waals surface area contributed by atoms with E-state index >= 15 is 0 Å². The van der Waals surface area contributed by atoms with Crippen LogP contribution in [0.4, 0.5) is 0 Å². The van der Waals surface area contributed by atoms with E-state index in [9.17, 15) is 0 Å². The summed E-state index contributed by atoms with van der Waals surface area (Å²) in [5.41, 5.74) is 4.62. The molecule has 1 aliphatic rings. The van der Waals surface area contributed by atoms with Crippen LogP contribution in [0.3, 0.4) is 0 Å². The van der Waals surface area contributed by atoms with Gasteiger partial charge in [-0.25, -0.2) is 0 Å². The Labute approximate surface area is 145 Å². The quantitative estimate of drug-likeness (QED) is 0.560. The van der Waals surface area contributed by atoms with Gasteiger partial charge in [0.1, 0.15) is 0 Å². The third-order valence-corrected chi connectivity index (χ3v) is 10.1. The second kappa shape index (κ2) is 6.19. The largest absolute Gasteiger partial charge is 0.0995 e. The molecular formula is C23H24P+. The van der Waals surface area contributed by atoms with E-state index in [2.05, 4.69) is 92.7 Å². The van der Waals surface area contributed by atoms with Gasteiger partial charge < -0.3 is 0 Å². The molecule has 0 aromatic heterocycles. The molecule has 0 nitrogen and oxygen atoms in total. The van der Waals surface area contributed by atoms with Gasteiger partial charge in [0.05, 0.1) is 30.2 Å². The van der Waals surface area contributed by atoms with Gasteiger partial charge in [0, 0.05) is 5.92 Å². The minimum atomic E-state index is -1.41. The number of rotatable bonds is 2. The summed E-state index contributed by atoms with van der Waals surface area (Å²) in [4.78, 5) is 0. The Morgan fingerprint density at radius 1 is 0.750 bits per heavy atom. The van der Waals surface area contributed by atoms with E-state index in [0.29, 0.717) is 5.92 Å². The number of hydrogen-bond donors (Lipinski definition) is 0. The highest BCUT2D eigenvalue weighted by Gasteiger charge is 2.48. The SMILES string of the molecule is Cc1cccc2c1C[P+](c1ccccc1)(c1ccccc1)CC2C. The van der Waals surface area contributed by atoms with Crippen molar-refractivity contribution in [1.82, 2.24) is 0 Å². The zero-order chi connectivity index (χ0) is 16.6. The van der Waals surface area contributed by atoms with Crippen LogP contribution in [0.25, 0.3) is 0 Å². The van der Waals surface area contributed by atoms with Crippen molar-refractivity contribution in [2.75, 3.05) is 6.16 Å². The van der Waals surface area contributed by atoms with Gasteiger partial charge in [0.2, 0.25) is 0 Å². The Bertz CT molecular complexity index is 797. The second-order valence-corrected chi connectivity index (χ2v) is 10.7. The van der Waals surface area contributed by atoms with Crippen LogP contribution in [0.1, 0.15) is 29.5 Å². The molecule has 0 saturated carbocycles. The summed E-state index contributed by atoms with van der Waals surface area (Å²) in [6, 6.07) is 29.4. The molecule has 1 aliphatic heterocycles. The number of fused-ring (bicyclic) bond motifs is 1. The zero-order valence-electron chi connectivity index (χ0n) is 14.4. The van der Waals surface area contributed by atoms with Crippen LogP contribution in [0.5, 0.6) is 0 Å². The lowest BCUT2D eigenvalue weighted by Crippen LogP contribution is -2.32. The van der Waals surface area contributed by atoms with Crippen molar-refractivity contribution < 1.29 is 0 Å². The van der Waals surface area contributed by atoms with Crippen molar-refractivity contribution in [3.8, 4) is 0 Å². The Balaban J connectivity index is 1.95. The molecule has 1 unspecified atom stereocenters. The number of aryl methyl sites for hydroxylation is 1. The normalized spacial score (nSPS) is 18.8. The summed E-state index contributed by atoms with van der Waals surface area (Å²) in [6.45, 7) is 4.69. The van der Waals surface area contributed by atoms with Gasteiger partial charge in [0.25, 0.3) is 0 Å². The summed E-state index contributed by atoms with van der Waals surface area (Å²) >= 11 is 0. The van der Waals surface area contributed by atoms with Crippen LogP contribution in [0, 0.1) is 6.92 Å². The molecule has 0 fully saturated rings. The molecule has 0 bridgehead atoms. The van der Waals surface area contributed by atoms with E-state index in [1.807, 2.05) is 0 Å². The molecule has 0 aliphatic carbocycles. The Morgan fingerprint density at radius 3 is 1.92 bits per heavy atom. The van der Waals surface area contributed by atoms with Crippen molar-refractivity contribution in [1.29, 1.82) is 0 Å². The Morgan fingerprint density at radius 2 is 1.33 bits per heavy atom. The molecular weight excluding hydrogens is 307 g/mol. The molecule has 0 saturated heterocycles. The van der Waals surface area contributed by atoms with E-state index in [0.717, 1.165) is 0 Å². The van der Waals surface area contributed by atoms with E-state index in [1.54, 1.807) is 21.7 Å². The summed E-state index contributed by atoms with van der Waals surface area (Å²) < 4.78 is 0. The van der Waals surface area contributed by atoms with Crippen molar-refractivity contribution in [3.05, 3.63) is 95.6 Å². The van der Waals surface area contributed by atoms with Gasteiger partial charge in [-0.15, -0.1) is 0 Å². The van der Waals surface area contributed by atoms with Crippen molar-refractivity contribution in [2.45, 2.75) is 25.9 Å². The van der Waals surface area contributed by atoms with Crippen molar-refractivity contribution in [2.24, 2.45) is 0 Å². The van der Waals surface area contributed by atoms with Gasteiger partial charge in [-0.2, -0.15) is 0 Å². The molecule has 3 aromatic rings. The number of hydrogen-bond acceptors (Lipinski definition) is 0. The Kier molecular flexibility index (Phi) is 4.02. The maximum absolute atomic E-state index is 2.41. The first-order chi connectivity index (χ1) is 11.7.